The fraction of sp³-hybridized carbons (Fsp3) is 0.357. The highest BCUT2D eigenvalue weighted by Crippen LogP contribution is 2.27. The molecule has 0 amide bonds. The van der Waals surface area contributed by atoms with Crippen molar-refractivity contribution in [3.05, 3.63) is 47.0 Å². The molecule has 2 aliphatic rings. The molecule has 0 aromatic heterocycles. The molecule has 1 aliphatic heterocycles. The highest BCUT2D eigenvalue weighted by Gasteiger charge is 2.28. The molecule has 17 heavy (non-hydrogen) atoms. The highest BCUT2D eigenvalue weighted by atomic mass is 35.5. The summed E-state index contributed by atoms with van der Waals surface area (Å²) >= 11 is 5.87. The lowest BCUT2D eigenvalue weighted by atomic mass is 9.89. The molecule has 0 saturated heterocycles. The van der Waals surface area contributed by atoms with E-state index in [0.29, 0.717) is 12.0 Å². The van der Waals surface area contributed by atoms with E-state index in [-0.39, 0.29) is 0 Å². The fourth-order valence-corrected chi connectivity index (χ4v) is 2.44. The van der Waals surface area contributed by atoms with Gasteiger partial charge in [-0.3, -0.25) is 0 Å². The van der Waals surface area contributed by atoms with Gasteiger partial charge in [-0.2, -0.15) is 0 Å². The Labute approximate surface area is 106 Å². The zero-order chi connectivity index (χ0) is 11.7. The summed E-state index contributed by atoms with van der Waals surface area (Å²) < 4.78 is 5.75. The van der Waals surface area contributed by atoms with Crippen molar-refractivity contribution in [1.29, 1.82) is 0 Å². The minimum absolute atomic E-state index is 0.388. The Morgan fingerprint density at radius 1 is 1.12 bits per heavy atom. The lowest BCUT2D eigenvalue weighted by Crippen LogP contribution is -2.32. The van der Waals surface area contributed by atoms with Gasteiger partial charge in [0, 0.05) is 16.5 Å². The second kappa shape index (κ2) is 4.53. The molecule has 88 valence electrons. The predicted molar refractivity (Wildman–Crippen MR) is 69.6 cm³/mol. The number of fused-ring (bicyclic) bond motifs is 1. The highest BCUT2D eigenvalue weighted by molar-refractivity contribution is 6.30. The van der Waals surface area contributed by atoms with Crippen LogP contribution in [0.4, 0.5) is 0 Å². The number of ether oxygens (including phenoxy) is 1. The summed E-state index contributed by atoms with van der Waals surface area (Å²) in [5, 5.41) is 0.739. The SMILES string of the molecule is Clc1ccc(C2=N[C@H]3CC=CC[C@H]3CO2)cc1. The number of aliphatic imine (C=N–C) groups is 1. The third-order valence-corrected chi connectivity index (χ3v) is 3.59. The zero-order valence-corrected chi connectivity index (χ0v) is 10.2. The van der Waals surface area contributed by atoms with Crippen molar-refractivity contribution in [2.24, 2.45) is 10.9 Å². The van der Waals surface area contributed by atoms with Crippen LogP contribution in [0, 0.1) is 5.92 Å². The monoisotopic (exact) mass is 247 g/mol. The summed E-state index contributed by atoms with van der Waals surface area (Å²) in [5.74, 6) is 1.31. The Hall–Kier alpha value is -1.28. The van der Waals surface area contributed by atoms with Crippen LogP contribution in [0.3, 0.4) is 0 Å². The Kier molecular flexibility index (Phi) is 2.89. The van der Waals surface area contributed by atoms with Crippen molar-refractivity contribution in [3.63, 3.8) is 0 Å². The van der Waals surface area contributed by atoms with Crippen LogP contribution in [0.5, 0.6) is 0 Å². The maximum Gasteiger partial charge on any atom is 0.216 e. The molecule has 3 heteroatoms. The van der Waals surface area contributed by atoms with Gasteiger partial charge < -0.3 is 4.74 Å². The van der Waals surface area contributed by atoms with Gasteiger partial charge in [0.15, 0.2) is 0 Å². The summed E-state index contributed by atoms with van der Waals surface area (Å²) in [6.45, 7) is 0.774. The number of allylic oxidation sites excluding steroid dienone is 1. The fourth-order valence-electron chi connectivity index (χ4n) is 2.32. The molecule has 1 aromatic rings. The normalized spacial score (nSPS) is 27.0. The van der Waals surface area contributed by atoms with E-state index < -0.39 is 0 Å². The van der Waals surface area contributed by atoms with Crippen molar-refractivity contribution in [2.45, 2.75) is 18.9 Å². The number of rotatable bonds is 1. The van der Waals surface area contributed by atoms with Gasteiger partial charge in [-0.05, 0) is 37.1 Å². The number of halogens is 1. The van der Waals surface area contributed by atoms with Gasteiger partial charge in [0.2, 0.25) is 5.90 Å². The Morgan fingerprint density at radius 3 is 2.71 bits per heavy atom. The first-order valence-electron chi connectivity index (χ1n) is 5.94. The molecule has 1 aliphatic carbocycles. The molecule has 1 heterocycles. The van der Waals surface area contributed by atoms with Crippen molar-refractivity contribution in [2.75, 3.05) is 6.61 Å². The van der Waals surface area contributed by atoms with Crippen LogP contribution >= 0.6 is 11.6 Å². The van der Waals surface area contributed by atoms with Crippen LogP contribution in [0.15, 0.2) is 41.4 Å². The van der Waals surface area contributed by atoms with Gasteiger partial charge in [-0.15, -0.1) is 0 Å². The van der Waals surface area contributed by atoms with Crippen LogP contribution in [-0.2, 0) is 4.74 Å². The van der Waals surface area contributed by atoms with E-state index >= 15 is 0 Å². The number of hydrogen-bond acceptors (Lipinski definition) is 2. The maximum absolute atomic E-state index is 5.87. The molecule has 0 saturated carbocycles. The van der Waals surface area contributed by atoms with E-state index in [4.69, 9.17) is 21.3 Å². The van der Waals surface area contributed by atoms with E-state index in [2.05, 4.69) is 12.2 Å². The Balaban J connectivity index is 1.86. The lowest BCUT2D eigenvalue weighted by molar-refractivity contribution is 0.186. The molecular formula is C14H14ClNO. The summed E-state index contributed by atoms with van der Waals surface area (Å²) in [6.07, 6.45) is 6.57. The van der Waals surface area contributed by atoms with Crippen LogP contribution in [0.25, 0.3) is 0 Å². The Bertz CT molecular complexity index is 464. The van der Waals surface area contributed by atoms with E-state index in [1.807, 2.05) is 24.3 Å². The summed E-state index contributed by atoms with van der Waals surface area (Å²) in [7, 11) is 0. The van der Waals surface area contributed by atoms with Gasteiger partial charge in [0.05, 0.1) is 12.6 Å². The standard InChI is InChI=1S/C14H14ClNO/c15-12-7-5-10(6-8-12)14-16-13-4-2-1-3-11(13)9-17-14/h1-2,5-8,11,13H,3-4,9H2/t11-,13-/m0/s1. The van der Waals surface area contributed by atoms with Crippen LogP contribution in [0.1, 0.15) is 18.4 Å². The molecular weight excluding hydrogens is 234 g/mol. The van der Waals surface area contributed by atoms with Crippen LogP contribution in [0.2, 0.25) is 5.02 Å². The van der Waals surface area contributed by atoms with Gasteiger partial charge in [-0.1, -0.05) is 23.8 Å². The average molecular weight is 248 g/mol. The predicted octanol–water partition coefficient (Wildman–Crippen LogP) is 3.45. The van der Waals surface area contributed by atoms with Gasteiger partial charge in [0.25, 0.3) is 0 Å². The first kappa shape index (κ1) is 10.8. The van der Waals surface area contributed by atoms with E-state index in [1.54, 1.807) is 0 Å². The molecule has 1 aromatic carbocycles. The quantitative estimate of drug-likeness (QED) is 0.697. The molecule has 0 N–H and O–H groups in total. The van der Waals surface area contributed by atoms with Crippen molar-refractivity contribution >= 4 is 17.5 Å². The topological polar surface area (TPSA) is 21.6 Å². The smallest absolute Gasteiger partial charge is 0.216 e. The lowest BCUT2D eigenvalue weighted by Gasteiger charge is -2.30. The number of hydrogen-bond donors (Lipinski definition) is 0. The third kappa shape index (κ3) is 2.22. The second-order valence-corrected chi connectivity index (χ2v) is 4.96. The first-order chi connectivity index (χ1) is 8.33. The van der Waals surface area contributed by atoms with E-state index in [0.717, 1.165) is 35.9 Å². The van der Waals surface area contributed by atoms with Crippen LogP contribution in [-0.4, -0.2) is 18.5 Å². The summed E-state index contributed by atoms with van der Waals surface area (Å²) in [6, 6.07) is 8.05. The summed E-state index contributed by atoms with van der Waals surface area (Å²) in [4.78, 5) is 4.70. The number of nitrogens with zero attached hydrogens (tertiary/aromatic N) is 1. The molecule has 2 atom stereocenters. The van der Waals surface area contributed by atoms with Crippen molar-refractivity contribution in [1.82, 2.24) is 0 Å². The van der Waals surface area contributed by atoms with E-state index in [1.165, 1.54) is 0 Å². The molecule has 2 nitrogen and oxygen atoms in total. The second-order valence-electron chi connectivity index (χ2n) is 4.52. The molecule has 0 unspecified atom stereocenters. The first-order valence-corrected chi connectivity index (χ1v) is 6.32. The third-order valence-electron chi connectivity index (χ3n) is 3.34. The van der Waals surface area contributed by atoms with Gasteiger partial charge >= 0.3 is 0 Å². The summed E-state index contributed by atoms with van der Waals surface area (Å²) in [5.41, 5.74) is 1.02. The molecule has 0 radical (unpaired) electrons. The van der Waals surface area contributed by atoms with Crippen molar-refractivity contribution < 1.29 is 4.74 Å². The minimum Gasteiger partial charge on any atom is -0.477 e. The average Bonchev–Trinajstić information content (AvgIpc) is 2.39. The number of benzene rings is 1. The van der Waals surface area contributed by atoms with Gasteiger partial charge in [-0.25, -0.2) is 4.99 Å². The molecule has 0 spiro atoms. The van der Waals surface area contributed by atoms with Gasteiger partial charge in [0.1, 0.15) is 0 Å². The minimum atomic E-state index is 0.388. The zero-order valence-electron chi connectivity index (χ0n) is 9.47. The molecule has 3 rings (SSSR count). The largest absolute Gasteiger partial charge is 0.477 e. The maximum atomic E-state index is 5.87. The molecule has 0 fully saturated rings. The van der Waals surface area contributed by atoms with Crippen LogP contribution < -0.4 is 0 Å². The van der Waals surface area contributed by atoms with E-state index in [9.17, 15) is 0 Å². The van der Waals surface area contributed by atoms with Crippen molar-refractivity contribution in [3.8, 4) is 0 Å². The Morgan fingerprint density at radius 2 is 1.88 bits per heavy atom. The molecule has 0 bridgehead atoms.